The van der Waals surface area contributed by atoms with Crippen LogP contribution in [-0.2, 0) is 0 Å². The molecule has 0 atom stereocenters. The molecule has 0 amide bonds. The summed E-state index contributed by atoms with van der Waals surface area (Å²) in [6.07, 6.45) is 0. The van der Waals surface area contributed by atoms with Crippen LogP contribution in [-0.4, -0.2) is 31.2 Å². The maximum absolute atomic E-state index is 11.0. The van der Waals surface area contributed by atoms with Gasteiger partial charge in [-0.25, -0.2) is 9.78 Å². The highest BCUT2D eigenvalue weighted by molar-refractivity contribution is 5.98. The normalized spacial score (nSPS) is 11.2. The van der Waals surface area contributed by atoms with Crippen molar-refractivity contribution in [3.8, 4) is 11.5 Å². The number of hydrogen-bond acceptors (Lipinski definition) is 3. The zero-order chi connectivity index (χ0) is 14.4. The van der Waals surface area contributed by atoms with Crippen molar-refractivity contribution in [3.05, 3.63) is 48.0 Å². The molecule has 0 bridgehead atoms. The summed E-state index contributed by atoms with van der Waals surface area (Å²) in [5.74, 6) is -0.303. The van der Waals surface area contributed by atoms with Crippen molar-refractivity contribution in [2.75, 3.05) is 0 Å². The molecule has 2 heterocycles. The molecule has 0 radical (unpaired) electrons. The molecule has 2 aromatic carbocycles. The van der Waals surface area contributed by atoms with Crippen LogP contribution in [0.25, 0.3) is 33.5 Å². The molecule has 6 heteroatoms. The van der Waals surface area contributed by atoms with Gasteiger partial charge in [0, 0.05) is 5.39 Å². The molecular formula is C15H10N4O2. The SMILES string of the molecule is O=C(O)c1ccc2c(-c3nc4ccccc4[nH]3)n[nH]c2c1. The Morgan fingerprint density at radius 2 is 1.95 bits per heavy atom. The van der Waals surface area contributed by atoms with Crippen LogP contribution in [0.1, 0.15) is 10.4 Å². The van der Waals surface area contributed by atoms with Crippen LogP contribution < -0.4 is 0 Å². The van der Waals surface area contributed by atoms with Gasteiger partial charge in [-0.2, -0.15) is 5.10 Å². The highest BCUT2D eigenvalue weighted by Crippen LogP contribution is 2.26. The standard InChI is InChI=1S/C15H10N4O2/c20-15(21)8-5-6-9-12(7-8)18-19-13(9)14-16-10-3-1-2-4-11(10)17-14/h1-7H,(H,16,17)(H,18,19)(H,20,21). The van der Waals surface area contributed by atoms with Gasteiger partial charge in [0.2, 0.25) is 0 Å². The van der Waals surface area contributed by atoms with Crippen molar-refractivity contribution in [2.45, 2.75) is 0 Å². The summed E-state index contributed by atoms with van der Waals surface area (Å²) in [6.45, 7) is 0. The number of nitrogens with one attached hydrogen (secondary N) is 2. The Hall–Kier alpha value is -3.15. The number of aromatic nitrogens is 4. The Bertz CT molecular complexity index is 951. The predicted octanol–water partition coefficient (Wildman–Crippen LogP) is 2.80. The van der Waals surface area contributed by atoms with Crippen LogP contribution in [0.2, 0.25) is 0 Å². The lowest BCUT2D eigenvalue weighted by atomic mass is 10.1. The Morgan fingerprint density at radius 1 is 1.10 bits per heavy atom. The molecule has 0 unspecified atom stereocenters. The van der Waals surface area contributed by atoms with E-state index in [1.807, 2.05) is 24.3 Å². The summed E-state index contributed by atoms with van der Waals surface area (Å²) in [5.41, 5.74) is 3.38. The van der Waals surface area contributed by atoms with Crippen molar-refractivity contribution in [1.82, 2.24) is 20.2 Å². The summed E-state index contributed by atoms with van der Waals surface area (Å²) in [5, 5.41) is 16.9. The van der Waals surface area contributed by atoms with Crippen LogP contribution in [0, 0.1) is 0 Å². The van der Waals surface area contributed by atoms with Gasteiger partial charge >= 0.3 is 5.97 Å². The van der Waals surface area contributed by atoms with E-state index >= 15 is 0 Å². The van der Waals surface area contributed by atoms with Crippen molar-refractivity contribution in [1.29, 1.82) is 0 Å². The number of para-hydroxylation sites is 2. The Morgan fingerprint density at radius 3 is 2.76 bits per heavy atom. The number of carboxylic acids is 1. The molecule has 4 aromatic rings. The molecule has 0 aliphatic rings. The van der Waals surface area contributed by atoms with Gasteiger partial charge in [0.05, 0.1) is 22.1 Å². The number of aromatic amines is 2. The van der Waals surface area contributed by atoms with E-state index in [9.17, 15) is 4.79 Å². The second-order valence-electron chi connectivity index (χ2n) is 4.74. The smallest absolute Gasteiger partial charge is 0.335 e. The number of fused-ring (bicyclic) bond motifs is 2. The van der Waals surface area contributed by atoms with Crippen LogP contribution >= 0.6 is 0 Å². The summed E-state index contributed by atoms with van der Waals surface area (Å²) < 4.78 is 0. The molecule has 4 rings (SSSR count). The predicted molar refractivity (Wildman–Crippen MR) is 78.1 cm³/mol. The van der Waals surface area contributed by atoms with Crippen molar-refractivity contribution in [2.24, 2.45) is 0 Å². The molecule has 3 N–H and O–H groups in total. The molecule has 0 fully saturated rings. The van der Waals surface area contributed by atoms with E-state index in [0.29, 0.717) is 17.0 Å². The number of hydrogen-bond donors (Lipinski definition) is 3. The van der Waals surface area contributed by atoms with Crippen LogP contribution in [0.4, 0.5) is 0 Å². The van der Waals surface area contributed by atoms with Gasteiger partial charge in [0.1, 0.15) is 5.69 Å². The first-order valence-electron chi connectivity index (χ1n) is 6.39. The van der Waals surface area contributed by atoms with Crippen molar-refractivity contribution < 1.29 is 9.90 Å². The van der Waals surface area contributed by atoms with Crippen LogP contribution in [0.3, 0.4) is 0 Å². The number of aromatic carboxylic acids is 1. The highest BCUT2D eigenvalue weighted by Gasteiger charge is 2.13. The first-order valence-corrected chi connectivity index (χ1v) is 6.39. The number of H-pyrrole nitrogens is 2. The lowest BCUT2D eigenvalue weighted by Crippen LogP contribution is -1.94. The quantitative estimate of drug-likeness (QED) is 0.525. The largest absolute Gasteiger partial charge is 0.478 e. The summed E-state index contributed by atoms with van der Waals surface area (Å²) in [7, 11) is 0. The van der Waals surface area contributed by atoms with Gasteiger partial charge in [0.25, 0.3) is 0 Å². The fourth-order valence-electron chi connectivity index (χ4n) is 2.40. The average Bonchev–Trinajstić information content (AvgIpc) is 3.09. The third-order valence-corrected chi connectivity index (χ3v) is 3.42. The van der Waals surface area contributed by atoms with Gasteiger partial charge in [-0.05, 0) is 30.3 Å². The number of benzene rings is 2. The lowest BCUT2D eigenvalue weighted by Gasteiger charge is -1.95. The maximum atomic E-state index is 11.0. The minimum absolute atomic E-state index is 0.224. The molecule has 2 aromatic heterocycles. The van der Waals surface area contributed by atoms with E-state index in [4.69, 9.17) is 5.11 Å². The number of carboxylic acid groups (broad SMARTS) is 1. The van der Waals surface area contributed by atoms with Crippen LogP contribution in [0.5, 0.6) is 0 Å². The third kappa shape index (κ3) is 1.77. The Balaban J connectivity index is 1.92. The second-order valence-corrected chi connectivity index (χ2v) is 4.74. The topological polar surface area (TPSA) is 94.7 Å². The number of nitrogens with zero attached hydrogens (tertiary/aromatic N) is 2. The Labute approximate surface area is 118 Å². The van der Waals surface area contributed by atoms with Gasteiger partial charge in [0.15, 0.2) is 5.82 Å². The summed E-state index contributed by atoms with van der Waals surface area (Å²) in [6, 6.07) is 12.6. The molecular weight excluding hydrogens is 268 g/mol. The van der Waals surface area contributed by atoms with E-state index in [2.05, 4.69) is 20.2 Å². The molecule has 0 aliphatic heterocycles. The van der Waals surface area contributed by atoms with Gasteiger partial charge in [-0.3, -0.25) is 5.10 Å². The number of rotatable bonds is 2. The molecule has 0 saturated carbocycles. The highest BCUT2D eigenvalue weighted by atomic mass is 16.4. The maximum Gasteiger partial charge on any atom is 0.335 e. The zero-order valence-corrected chi connectivity index (χ0v) is 10.8. The van der Waals surface area contributed by atoms with Gasteiger partial charge in [-0.15, -0.1) is 0 Å². The molecule has 21 heavy (non-hydrogen) atoms. The lowest BCUT2D eigenvalue weighted by molar-refractivity contribution is 0.0697. The first kappa shape index (κ1) is 11.7. The fourth-order valence-corrected chi connectivity index (χ4v) is 2.40. The average molecular weight is 278 g/mol. The number of carbonyl (C=O) groups is 1. The molecule has 0 aliphatic carbocycles. The van der Waals surface area contributed by atoms with Crippen LogP contribution in [0.15, 0.2) is 42.5 Å². The van der Waals surface area contributed by atoms with E-state index in [1.165, 1.54) is 0 Å². The van der Waals surface area contributed by atoms with Gasteiger partial charge < -0.3 is 10.1 Å². The Kier molecular flexibility index (Phi) is 2.32. The minimum Gasteiger partial charge on any atom is -0.478 e. The second kappa shape index (κ2) is 4.17. The van der Waals surface area contributed by atoms with E-state index < -0.39 is 5.97 Å². The first-order chi connectivity index (χ1) is 10.2. The monoisotopic (exact) mass is 278 g/mol. The zero-order valence-electron chi connectivity index (χ0n) is 10.8. The summed E-state index contributed by atoms with van der Waals surface area (Å²) in [4.78, 5) is 18.7. The fraction of sp³-hybridized carbons (Fsp3) is 0. The number of imidazole rings is 1. The minimum atomic E-state index is -0.961. The van der Waals surface area contributed by atoms with E-state index in [-0.39, 0.29) is 5.56 Å². The molecule has 6 nitrogen and oxygen atoms in total. The van der Waals surface area contributed by atoms with E-state index in [0.717, 1.165) is 16.4 Å². The molecule has 102 valence electrons. The third-order valence-electron chi connectivity index (χ3n) is 3.42. The van der Waals surface area contributed by atoms with Crippen molar-refractivity contribution >= 4 is 27.9 Å². The molecule has 0 spiro atoms. The summed E-state index contributed by atoms with van der Waals surface area (Å²) >= 11 is 0. The molecule has 0 saturated heterocycles. The van der Waals surface area contributed by atoms with Gasteiger partial charge in [-0.1, -0.05) is 12.1 Å². The van der Waals surface area contributed by atoms with E-state index in [1.54, 1.807) is 18.2 Å². The van der Waals surface area contributed by atoms with Crippen molar-refractivity contribution in [3.63, 3.8) is 0 Å².